The molecular weight excluding hydrogens is 418 g/mol. The molecule has 4 fully saturated rings. The van der Waals surface area contributed by atoms with Crippen molar-refractivity contribution in [3.63, 3.8) is 0 Å². The largest absolute Gasteiger partial charge is 0.507 e. The maximum atomic E-state index is 13.3. The molecule has 2 N–H and O–H groups in total. The first-order valence-electron chi connectivity index (χ1n) is 14.0. The molecule has 4 aliphatic carbocycles. The summed E-state index contributed by atoms with van der Waals surface area (Å²) < 4.78 is 0. The summed E-state index contributed by atoms with van der Waals surface area (Å²) in [6.45, 7) is 17.5. The van der Waals surface area contributed by atoms with E-state index in [9.17, 15) is 9.90 Å². The molecular formula is C31H47NO2. The third-order valence-electron chi connectivity index (χ3n) is 12.6. The monoisotopic (exact) mass is 465 g/mol. The molecule has 1 aromatic rings. The van der Waals surface area contributed by atoms with Crippen LogP contribution in [0, 0.1) is 33.5 Å². The number of hydrogen-bond donors (Lipinski definition) is 2. The summed E-state index contributed by atoms with van der Waals surface area (Å²) in [4.78, 5) is 13.3. The number of benzene rings is 1. The number of carbonyl (C=O) groups is 1. The van der Waals surface area contributed by atoms with Gasteiger partial charge in [0.15, 0.2) is 0 Å². The van der Waals surface area contributed by atoms with E-state index in [-0.39, 0.29) is 27.6 Å². The fourth-order valence-corrected chi connectivity index (χ4v) is 9.17. The Morgan fingerprint density at radius 2 is 1.38 bits per heavy atom. The summed E-state index contributed by atoms with van der Waals surface area (Å²) in [6.07, 6.45) is 9.35. The molecule has 0 radical (unpaired) electrons. The average Bonchev–Trinajstić information content (AvgIpc) is 3.31. The lowest BCUT2D eigenvalue weighted by Gasteiger charge is -2.42. The molecule has 0 spiro atoms. The van der Waals surface area contributed by atoms with Crippen molar-refractivity contribution in [2.45, 2.75) is 112 Å². The van der Waals surface area contributed by atoms with Gasteiger partial charge in [-0.05, 0) is 114 Å². The molecule has 188 valence electrons. The van der Waals surface area contributed by atoms with Gasteiger partial charge < -0.3 is 10.4 Å². The minimum Gasteiger partial charge on any atom is -0.507 e. The van der Waals surface area contributed by atoms with E-state index in [4.69, 9.17) is 0 Å². The molecule has 6 unspecified atom stereocenters. The third kappa shape index (κ3) is 3.03. The number of fused-ring (bicyclic) bond motifs is 4. The van der Waals surface area contributed by atoms with Gasteiger partial charge in [0.1, 0.15) is 5.75 Å². The first kappa shape index (κ1) is 24.2. The SMILES string of the molecule is CCCCNC(=O)c1cc(C2CC3CCC2(C)C3(C)C)c(O)c(C2CC3CCC2(C)C3(C)C)c1. The van der Waals surface area contributed by atoms with Gasteiger partial charge in [-0.3, -0.25) is 4.79 Å². The van der Waals surface area contributed by atoms with Crippen molar-refractivity contribution in [3.05, 3.63) is 28.8 Å². The maximum absolute atomic E-state index is 13.3. The number of rotatable bonds is 6. The van der Waals surface area contributed by atoms with Gasteiger partial charge in [0.2, 0.25) is 0 Å². The highest BCUT2D eigenvalue weighted by atomic mass is 16.3. The summed E-state index contributed by atoms with van der Waals surface area (Å²) in [5, 5.41) is 15.1. The number of amides is 1. The molecule has 0 aliphatic heterocycles. The lowest BCUT2D eigenvalue weighted by molar-refractivity contribution is 0.0952. The van der Waals surface area contributed by atoms with Gasteiger partial charge in [-0.25, -0.2) is 0 Å². The summed E-state index contributed by atoms with van der Waals surface area (Å²) in [5.41, 5.74) is 3.74. The van der Waals surface area contributed by atoms with Gasteiger partial charge in [0.05, 0.1) is 0 Å². The van der Waals surface area contributed by atoms with Crippen LogP contribution in [0.15, 0.2) is 12.1 Å². The highest BCUT2D eigenvalue weighted by molar-refractivity contribution is 5.95. The average molecular weight is 466 g/mol. The normalized spacial score (nSPS) is 39.0. The second-order valence-electron chi connectivity index (χ2n) is 13.9. The molecule has 1 aromatic carbocycles. The van der Waals surface area contributed by atoms with E-state index in [1.807, 2.05) is 0 Å². The van der Waals surface area contributed by atoms with E-state index in [0.717, 1.165) is 42.4 Å². The number of aromatic hydroxyl groups is 1. The minimum atomic E-state index is 0.0242. The van der Waals surface area contributed by atoms with Crippen molar-refractivity contribution in [1.82, 2.24) is 5.32 Å². The van der Waals surface area contributed by atoms with Crippen molar-refractivity contribution in [1.29, 1.82) is 0 Å². The predicted octanol–water partition coefficient (Wildman–Crippen LogP) is 7.78. The van der Waals surface area contributed by atoms with Crippen LogP contribution in [0.5, 0.6) is 5.75 Å². The molecule has 34 heavy (non-hydrogen) atoms. The van der Waals surface area contributed by atoms with Crippen LogP contribution in [0.1, 0.15) is 133 Å². The Bertz CT molecular complexity index is 928. The molecule has 3 heteroatoms. The number of carbonyl (C=O) groups excluding carboxylic acids is 1. The highest BCUT2D eigenvalue weighted by Crippen LogP contribution is 2.74. The van der Waals surface area contributed by atoms with E-state index in [1.165, 1.54) is 25.7 Å². The molecule has 0 heterocycles. The number of unbranched alkanes of at least 4 members (excludes halogenated alkanes) is 1. The van der Waals surface area contributed by atoms with Crippen LogP contribution in [0.25, 0.3) is 0 Å². The maximum Gasteiger partial charge on any atom is 0.251 e. The number of phenolic OH excluding ortho intramolecular Hbond substituents is 1. The van der Waals surface area contributed by atoms with Crippen molar-refractivity contribution < 1.29 is 9.90 Å². The fourth-order valence-electron chi connectivity index (χ4n) is 9.17. The topological polar surface area (TPSA) is 49.3 Å². The Labute approximate surface area is 207 Å². The third-order valence-corrected chi connectivity index (χ3v) is 12.6. The van der Waals surface area contributed by atoms with Gasteiger partial charge >= 0.3 is 0 Å². The van der Waals surface area contributed by atoms with Crippen molar-refractivity contribution in [2.24, 2.45) is 33.5 Å². The quantitative estimate of drug-likeness (QED) is 0.421. The van der Waals surface area contributed by atoms with Crippen LogP contribution in [-0.2, 0) is 0 Å². The number of phenols is 1. The van der Waals surface area contributed by atoms with Crippen LogP contribution in [-0.4, -0.2) is 17.6 Å². The Kier molecular flexibility index (Phi) is 5.51. The zero-order valence-corrected chi connectivity index (χ0v) is 22.7. The van der Waals surface area contributed by atoms with Gasteiger partial charge in [-0.1, -0.05) is 54.9 Å². The van der Waals surface area contributed by atoms with Crippen molar-refractivity contribution in [3.8, 4) is 5.75 Å². The Hall–Kier alpha value is -1.51. The molecule has 1 amide bonds. The highest BCUT2D eigenvalue weighted by Gasteiger charge is 2.64. The molecule has 3 nitrogen and oxygen atoms in total. The first-order valence-corrected chi connectivity index (χ1v) is 14.0. The van der Waals surface area contributed by atoms with Gasteiger partial charge in [-0.15, -0.1) is 0 Å². The lowest BCUT2D eigenvalue weighted by atomic mass is 9.63. The molecule has 0 saturated heterocycles. The molecule has 4 saturated carbocycles. The van der Waals surface area contributed by atoms with Crippen molar-refractivity contribution >= 4 is 5.91 Å². The van der Waals surface area contributed by atoms with E-state index < -0.39 is 0 Å². The van der Waals surface area contributed by atoms with Gasteiger partial charge in [-0.2, -0.15) is 0 Å². The molecule has 4 bridgehead atoms. The first-order chi connectivity index (χ1) is 15.9. The van der Waals surface area contributed by atoms with Crippen LogP contribution in [0.4, 0.5) is 0 Å². The summed E-state index contributed by atoms with van der Waals surface area (Å²) in [7, 11) is 0. The molecule has 6 atom stereocenters. The van der Waals surface area contributed by atoms with Gasteiger partial charge in [0.25, 0.3) is 5.91 Å². The van der Waals surface area contributed by atoms with Crippen LogP contribution in [0.2, 0.25) is 0 Å². The molecule has 5 rings (SSSR count). The summed E-state index contributed by atoms with van der Waals surface area (Å²) in [5.74, 6) is 2.58. The van der Waals surface area contributed by atoms with Crippen molar-refractivity contribution in [2.75, 3.05) is 6.54 Å². The molecule has 0 aromatic heterocycles. The van der Waals surface area contributed by atoms with E-state index >= 15 is 0 Å². The smallest absolute Gasteiger partial charge is 0.251 e. The minimum absolute atomic E-state index is 0.0242. The van der Waals surface area contributed by atoms with Crippen LogP contribution < -0.4 is 5.32 Å². The Balaban J connectivity index is 1.60. The summed E-state index contributed by atoms with van der Waals surface area (Å²) >= 11 is 0. The zero-order valence-electron chi connectivity index (χ0n) is 22.7. The Morgan fingerprint density at radius 1 is 0.912 bits per heavy atom. The zero-order chi connectivity index (χ0) is 24.7. The molecule has 4 aliphatic rings. The van der Waals surface area contributed by atoms with Crippen LogP contribution in [0.3, 0.4) is 0 Å². The lowest BCUT2D eigenvalue weighted by Crippen LogP contribution is -2.33. The van der Waals surface area contributed by atoms with Gasteiger partial charge in [0, 0.05) is 12.1 Å². The predicted molar refractivity (Wildman–Crippen MR) is 139 cm³/mol. The second kappa shape index (κ2) is 7.74. The summed E-state index contributed by atoms with van der Waals surface area (Å²) in [6, 6.07) is 4.13. The van der Waals surface area contributed by atoms with E-state index in [2.05, 4.69) is 65.9 Å². The fraction of sp³-hybridized carbons (Fsp3) is 0.774. The standard InChI is InChI=1S/C31H47NO2/c1-8-9-14-32-27(34)19-15-22(24-17-20-10-12-30(24,6)28(20,2)3)26(33)23(16-19)25-18-21-11-13-31(25,7)29(21,4)5/h15-16,20-21,24-25,33H,8-14,17-18H2,1-7H3,(H,32,34). The van der Waals surface area contributed by atoms with E-state index in [1.54, 1.807) is 0 Å². The Morgan fingerprint density at radius 3 is 1.74 bits per heavy atom. The number of nitrogens with one attached hydrogen (secondary N) is 1. The van der Waals surface area contributed by atoms with Crippen LogP contribution >= 0.6 is 0 Å². The second-order valence-corrected chi connectivity index (χ2v) is 13.9. The van der Waals surface area contributed by atoms with E-state index in [0.29, 0.717) is 36.0 Å². The number of hydrogen-bond acceptors (Lipinski definition) is 2.